The highest BCUT2D eigenvalue weighted by Gasteiger charge is 2.28. The first-order valence-electron chi connectivity index (χ1n) is 8.32. The molecule has 1 aromatic heterocycles. The van der Waals surface area contributed by atoms with Gasteiger partial charge in [0.25, 0.3) is 5.56 Å². The number of hydrogen-bond donors (Lipinski definition) is 0. The summed E-state index contributed by atoms with van der Waals surface area (Å²) in [4.78, 5) is 26.5. The van der Waals surface area contributed by atoms with E-state index in [2.05, 4.69) is 19.6 Å². The van der Waals surface area contributed by atoms with Gasteiger partial charge in [-0.05, 0) is 31.2 Å². The summed E-state index contributed by atoms with van der Waals surface area (Å²) in [6.45, 7) is 8.27. The van der Waals surface area contributed by atoms with Crippen molar-refractivity contribution < 1.29 is 0 Å². The molecule has 0 aliphatic carbocycles. The average molecular weight is 350 g/mol. The van der Waals surface area contributed by atoms with Crippen molar-refractivity contribution >= 4 is 13.3 Å². The topological polar surface area (TPSA) is 44.0 Å². The molecule has 0 N–H and O–H groups in total. The predicted molar refractivity (Wildman–Crippen MR) is 105 cm³/mol. The highest BCUT2D eigenvalue weighted by Crippen LogP contribution is 2.10. The summed E-state index contributed by atoms with van der Waals surface area (Å²) < 4.78 is 2.95. The van der Waals surface area contributed by atoms with Gasteiger partial charge in [0.2, 0.25) is 0 Å². The van der Waals surface area contributed by atoms with E-state index in [0.29, 0.717) is 5.69 Å². The van der Waals surface area contributed by atoms with Gasteiger partial charge in [-0.3, -0.25) is 9.36 Å². The average Bonchev–Trinajstić information content (AvgIpc) is 2.55. The fourth-order valence-corrected chi connectivity index (χ4v) is 5.21. The Balaban J connectivity index is 2.50. The third-order valence-corrected chi connectivity index (χ3v) is 6.35. The zero-order chi connectivity index (χ0) is 18.2. The van der Waals surface area contributed by atoms with E-state index in [9.17, 15) is 9.59 Å². The van der Waals surface area contributed by atoms with Crippen LogP contribution in [-0.4, -0.2) is 17.2 Å². The second-order valence-electron chi connectivity index (χ2n) is 7.14. The van der Waals surface area contributed by atoms with Crippen LogP contribution in [0.3, 0.4) is 0 Å². The minimum Gasteiger partial charge on any atom is -0.269 e. The molecule has 2 aromatic carbocycles. The molecule has 0 bridgehead atoms. The van der Waals surface area contributed by atoms with Gasteiger partial charge < -0.3 is 0 Å². The van der Waals surface area contributed by atoms with Gasteiger partial charge in [0, 0.05) is 10.9 Å². The Labute approximate surface area is 148 Å². The van der Waals surface area contributed by atoms with Gasteiger partial charge >= 0.3 is 5.69 Å². The van der Waals surface area contributed by atoms with Crippen LogP contribution in [0.25, 0.3) is 11.4 Å². The number of aromatic nitrogens is 2. The molecule has 0 aliphatic heterocycles. The van der Waals surface area contributed by atoms with Crippen molar-refractivity contribution in [3.05, 3.63) is 87.2 Å². The summed E-state index contributed by atoms with van der Waals surface area (Å²) in [5.74, 6) is 0. The first kappa shape index (κ1) is 17.2. The minimum absolute atomic E-state index is 0.194. The van der Waals surface area contributed by atoms with Crippen molar-refractivity contribution in [1.82, 2.24) is 9.13 Å². The van der Waals surface area contributed by atoms with Crippen LogP contribution in [0.4, 0.5) is 0 Å². The molecule has 0 saturated carbocycles. The number of para-hydroxylation sites is 2. The molecular weight excluding hydrogens is 328 g/mol. The summed E-state index contributed by atoms with van der Waals surface area (Å²) in [6.07, 6.45) is 0. The normalized spacial score (nSPS) is 11.5. The molecule has 3 aromatic rings. The van der Waals surface area contributed by atoms with E-state index in [0.717, 1.165) is 16.6 Å². The van der Waals surface area contributed by atoms with Crippen molar-refractivity contribution in [1.29, 1.82) is 0 Å². The maximum Gasteiger partial charge on any atom is 0.340 e. The smallest absolute Gasteiger partial charge is 0.269 e. The summed E-state index contributed by atoms with van der Waals surface area (Å²) in [6, 6.07) is 18.6. The molecular formula is C20H22N2O2Si. The van der Waals surface area contributed by atoms with Crippen LogP contribution in [0.2, 0.25) is 19.6 Å². The van der Waals surface area contributed by atoms with Crippen LogP contribution in [0.1, 0.15) is 5.69 Å². The molecule has 0 saturated heterocycles. The SMILES string of the molecule is Cc1c([Si](C)(C)C)c(=O)n(-c2ccccc2)c(=O)n1-c1ccccc1. The molecule has 4 nitrogen and oxygen atoms in total. The van der Waals surface area contributed by atoms with Crippen molar-refractivity contribution in [2.75, 3.05) is 0 Å². The highest BCUT2D eigenvalue weighted by molar-refractivity contribution is 6.88. The van der Waals surface area contributed by atoms with Gasteiger partial charge in [-0.15, -0.1) is 0 Å². The lowest BCUT2D eigenvalue weighted by Crippen LogP contribution is -2.57. The van der Waals surface area contributed by atoms with E-state index in [1.165, 1.54) is 4.57 Å². The highest BCUT2D eigenvalue weighted by atomic mass is 28.3. The van der Waals surface area contributed by atoms with Gasteiger partial charge in [-0.2, -0.15) is 0 Å². The van der Waals surface area contributed by atoms with Crippen LogP contribution in [0.5, 0.6) is 0 Å². The van der Waals surface area contributed by atoms with Crippen LogP contribution in [-0.2, 0) is 0 Å². The molecule has 5 heteroatoms. The van der Waals surface area contributed by atoms with E-state index >= 15 is 0 Å². The lowest BCUT2D eigenvalue weighted by atomic mass is 10.3. The maximum atomic E-state index is 13.2. The molecule has 0 amide bonds. The second-order valence-corrected chi connectivity index (χ2v) is 12.1. The van der Waals surface area contributed by atoms with E-state index in [1.54, 1.807) is 16.7 Å². The third-order valence-electron chi connectivity index (χ3n) is 4.28. The fourth-order valence-electron chi connectivity index (χ4n) is 3.26. The zero-order valence-electron chi connectivity index (χ0n) is 15.0. The lowest BCUT2D eigenvalue weighted by Gasteiger charge is -2.23. The fraction of sp³-hybridized carbons (Fsp3) is 0.200. The molecule has 0 spiro atoms. The van der Waals surface area contributed by atoms with Gasteiger partial charge in [-0.1, -0.05) is 56.0 Å². The van der Waals surface area contributed by atoms with Crippen LogP contribution in [0.15, 0.2) is 70.3 Å². The Morgan fingerprint density at radius 1 is 0.720 bits per heavy atom. The molecule has 1 heterocycles. The Kier molecular flexibility index (Phi) is 4.35. The zero-order valence-corrected chi connectivity index (χ0v) is 16.0. The maximum absolute atomic E-state index is 13.2. The number of hydrogen-bond acceptors (Lipinski definition) is 2. The predicted octanol–water partition coefficient (Wildman–Crippen LogP) is 2.84. The van der Waals surface area contributed by atoms with Crippen molar-refractivity contribution in [3.63, 3.8) is 0 Å². The van der Waals surface area contributed by atoms with Gasteiger partial charge in [0.15, 0.2) is 0 Å². The first-order chi connectivity index (χ1) is 11.8. The van der Waals surface area contributed by atoms with E-state index < -0.39 is 8.07 Å². The molecule has 0 atom stereocenters. The standard InChI is InChI=1S/C20H22N2O2Si/c1-15-18(25(2,3)4)19(23)22(17-13-9-6-10-14-17)20(24)21(15)16-11-7-5-8-12-16/h5-14H,1-4H3. The molecule has 0 radical (unpaired) electrons. The van der Waals surface area contributed by atoms with Crippen LogP contribution in [0, 0.1) is 6.92 Å². The van der Waals surface area contributed by atoms with Gasteiger partial charge in [0.1, 0.15) is 0 Å². The van der Waals surface area contributed by atoms with Crippen molar-refractivity contribution in [3.8, 4) is 11.4 Å². The molecule has 128 valence electrons. The largest absolute Gasteiger partial charge is 0.340 e. The number of nitrogens with zero attached hydrogens (tertiary/aromatic N) is 2. The van der Waals surface area contributed by atoms with Crippen LogP contribution < -0.4 is 16.4 Å². The van der Waals surface area contributed by atoms with Crippen molar-refractivity contribution in [2.45, 2.75) is 26.6 Å². The monoisotopic (exact) mass is 350 g/mol. The number of benzene rings is 2. The number of rotatable bonds is 3. The minimum atomic E-state index is -1.97. The second kappa shape index (κ2) is 6.33. The molecule has 0 unspecified atom stereocenters. The van der Waals surface area contributed by atoms with Gasteiger partial charge in [-0.25, -0.2) is 9.36 Å². The molecule has 0 aliphatic rings. The quantitative estimate of drug-likeness (QED) is 0.682. The van der Waals surface area contributed by atoms with Crippen LogP contribution >= 0.6 is 0 Å². The first-order valence-corrected chi connectivity index (χ1v) is 11.8. The van der Waals surface area contributed by atoms with E-state index in [-0.39, 0.29) is 11.2 Å². The van der Waals surface area contributed by atoms with E-state index in [4.69, 9.17) is 0 Å². The van der Waals surface area contributed by atoms with Gasteiger partial charge in [0.05, 0.1) is 19.4 Å². The Hall–Kier alpha value is -2.66. The summed E-state index contributed by atoms with van der Waals surface area (Å²) in [7, 11) is -1.97. The molecule has 25 heavy (non-hydrogen) atoms. The third kappa shape index (κ3) is 3.03. The summed E-state index contributed by atoms with van der Waals surface area (Å²) in [5.41, 5.74) is 1.59. The Morgan fingerprint density at radius 3 is 1.60 bits per heavy atom. The summed E-state index contributed by atoms with van der Waals surface area (Å²) in [5, 5.41) is 0.778. The van der Waals surface area contributed by atoms with E-state index in [1.807, 2.05) is 55.5 Å². The lowest BCUT2D eigenvalue weighted by molar-refractivity contribution is 0.787. The van der Waals surface area contributed by atoms with Crippen molar-refractivity contribution in [2.24, 2.45) is 0 Å². The molecule has 3 rings (SSSR count). The summed E-state index contributed by atoms with van der Waals surface area (Å²) >= 11 is 0. The molecule has 0 fully saturated rings. The Bertz CT molecular complexity index is 1010. The Morgan fingerprint density at radius 2 is 1.16 bits per heavy atom.